The number of benzene rings is 3. The van der Waals surface area contributed by atoms with Crippen molar-refractivity contribution in [1.82, 2.24) is 14.9 Å². The van der Waals surface area contributed by atoms with E-state index in [2.05, 4.69) is 42.9 Å². The lowest BCUT2D eigenvalue weighted by Crippen LogP contribution is -2.34. The number of carbonyl (C=O) groups excluding carboxylic acids is 1. The fourth-order valence-corrected chi connectivity index (χ4v) is 3.85. The third-order valence-corrected chi connectivity index (χ3v) is 5.80. The fourth-order valence-electron chi connectivity index (χ4n) is 3.85. The van der Waals surface area contributed by atoms with E-state index in [1.807, 2.05) is 60.7 Å². The number of aromatic nitrogens is 2. The van der Waals surface area contributed by atoms with E-state index in [9.17, 15) is 9.59 Å². The van der Waals surface area contributed by atoms with Gasteiger partial charge in [-0.15, -0.1) is 0 Å². The van der Waals surface area contributed by atoms with Crippen molar-refractivity contribution in [1.29, 1.82) is 0 Å². The van der Waals surface area contributed by atoms with Gasteiger partial charge in [-0.3, -0.25) is 9.59 Å². The molecule has 0 spiro atoms. The quantitative estimate of drug-likeness (QED) is 0.454. The number of hydrogen-bond acceptors (Lipinski definition) is 3. The van der Waals surface area contributed by atoms with Crippen molar-refractivity contribution < 1.29 is 4.79 Å². The predicted molar refractivity (Wildman–Crippen MR) is 132 cm³/mol. The molecule has 0 saturated heterocycles. The summed E-state index contributed by atoms with van der Waals surface area (Å²) in [5.41, 5.74) is 3.40. The van der Waals surface area contributed by atoms with Crippen LogP contribution < -0.4 is 5.56 Å². The summed E-state index contributed by atoms with van der Waals surface area (Å²) in [5.74, 6) is 0.397. The Balaban J connectivity index is 1.63. The highest BCUT2D eigenvalue weighted by Gasteiger charge is 2.20. The Bertz CT molecular complexity index is 1300. The van der Waals surface area contributed by atoms with Gasteiger partial charge in [-0.25, -0.2) is 4.98 Å². The van der Waals surface area contributed by atoms with Gasteiger partial charge in [0.15, 0.2) is 0 Å². The molecule has 0 saturated carbocycles. The normalized spacial score (nSPS) is 11.5. The fraction of sp³-hybridized carbons (Fsp3) is 0.250. The third-order valence-electron chi connectivity index (χ3n) is 5.80. The van der Waals surface area contributed by atoms with Gasteiger partial charge in [-0.2, -0.15) is 0 Å². The molecule has 5 heteroatoms. The SMILES string of the molecule is CC(C)(C)c1ccc(C(=O)N(CCc2ccccc2)Cc2nc3ccccc3c(=O)[nH]2)cc1. The van der Waals surface area contributed by atoms with Crippen LogP contribution in [0.2, 0.25) is 0 Å². The summed E-state index contributed by atoms with van der Waals surface area (Å²) in [6, 6.07) is 25.1. The van der Waals surface area contributed by atoms with Gasteiger partial charge in [0.2, 0.25) is 0 Å². The van der Waals surface area contributed by atoms with Crippen LogP contribution in [0.3, 0.4) is 0 Å². The molecule has 168 valence electrons. The number of nitrogens with one attached hydrogen (secondary N) is 1. The molecule has 0 aliphatic carbocycles. The van der Waals surface area contributed by atoms with Crippen molar-refractivity contribution in [3.8, 4) is 0 Å². The molecule has 1 heterocycles. The molecule has 4 rings (SSSR count). The molecule has 1 aromatic heterocycles. The number of fused-ring (bicyclic) bond motifs is 1. The highest BCUT2D eigenvalue weighted by molar-refractivity contribution is 5.94. The van der Waals surface area contributed by atoms with Crippen molar-refractivity contribution in [3.05, 3.63) is 112 Å². The van der Waals surface area contributed by atoms with Crippen molar-refractivity contribution in [2.75, 3.05) is 6.54 Å². The average molecular weight is 440 g/mol. The van der Waals surface area contributed by atoms with Gasteiger partial charge in [-0.1, -0.05) is 75.4 Å². The van der Waals surface area contributed by atoms with Crippen LogP contribution in [0.1, 0.15) is 48.1 Å². The minimum atomic E-state index is -0.194. The number of amides is 1. The van der Waals surface area contributed by atoms with E-state index in [1.165, 1.54) is 5.56 Å². The lowest BCUT2D eigenvalue weighted by molar-refractivity contribution is 0.0740. The average Bonchev–Trinajstić information content (AvgIpc) is 2.81. The maximum Gasteiger partial charge on any atom is 0.258 e. The summed E-state index contributed by atoms with van der Waals surface area (Å²) in [4.78, 5) is 35.2. The van der Waals surface area contributed by atoms with Crippen molar-refractivity contribution in [2.45, 2.75) is 39.2 Å². The van der Waals surface area contributed by atoms with Gasteiger partial charge >= 0.3 is 0 Å². The monoisotopic (exact) mass is 439 g/mol. The maximum absolute atomic E-state index is 13.5. The molecule has 0 radical (unpaired) electrons. The number of aromatic amines is 1. The molecule has 0 aliphatic heterocycles. The number of H-pyrrole nitrogens is 1. The molecular weight excluding hydrogens is 410 g/mol. The molecule has 3 aromatic carbocycles. The molecule has 0 bridgehead atoms. The van der Waals surface area contributed by atoms with E-state index in [0.717, 1.165) is 5.56 Å². The summed E-state index contributed by atoms with van der Waals surface area (Å²) < 4.78 is 0. The van der Waals surface area contributed by atoms with E-state index >= 15 is 0 Å². The molecule has 33 heavy (non-hydrogen) atoms. The smallest absolute Gasteiger partial charge is 0.258 e. The van der Waals surface area contributed by atoms with Gasteiger partial charge < -0.3 is 9.88 Å². The first-order valence-electron chi connectivity index (χ1n) is 11.2. The van der Waals surface area contributed by atoms with Crippen LogP contribution in [0.5, 0.6) is 0 Å². The molecule has 1 N–H and O–H groups in total. The minimum absolute atomic E-state index is 0.0169. The van der Waals surface area contributed by atoms with Gasteiger partial charge in [0.1, 0.15) is 5.82 Å². The van der Waals surface area contributed by atoms with Crippen LogP contribution in [-0.4, -0.2) is 27.3 Å². The Hall–Kier alpha value is -3.73. The van der Waals surface area contributed by atoms with Crippen molar-refractivity contribution in [3.63, 3.8) is 0 Å². The Labute approximate surface area is 194 Å². The van der Waals surface area contributed by atoms with Crippen LogP contribution in [0.25, 0.3) is 10.9 Å². The van der Waals surface area contributed by atoms with Gasteiger partial charge in [0.05, 0.1) is 17.4 Å². The van der Waals surface area contributed by atoms with Crippen LogP contribution in [0, 0.1) is 0 Å². The molecule has 0 aliphatic rings. The second-order valence-corrected chi connectivity index (χ2v) is 9.32. The highest BCUT2D eigenvalue weighted by Crippen LogP contribution is 2.23. The lowest BCUT2D eigenvalue weighted by Gasteiger charge is -2.24. The number of carbonyl (C=O) groups is 1. The van der Waals surface area contributed by atoms with E-state index in [-0.39, 0.29) is 23.4 Å². The number of hydrogen-bond donors (Lipinski definition) is 1. The summed E-state index contributed by atoms with van der Waals surface area (Å²) in [6.45, 7) is 7.19. The molecule has 0 atom stereocenters. The molecule has 1 amide bonds. The zero-order valence-electron chi connectivity index (χ0n) is 19.3. The summed E-state index contributed by atoms with van der Waals surface area (Å²) in [7, 11) is 0. The molecule has 0 unspecified atom stereocenters. The largest absolute Gasteiger partial charge is 0.331 e. The van der Waals surface area contributed by atoms with Crippen LogP contribution >= 0.6 is 0 Å². The molecule has 4 aromatic rings. The second-order valence-electron chi connectivity index (χ2n) is 9.32. The van der Waals surface area contributed by atoms with Crippen LogP contribution in [0.15, 0.2) is 83.7 Å². The van der Waals surface area contributed by atoms with E-state index < -0.39 is 0 Å². The second kappa shape index (κ2) is 9.41. The standard InChI is InChI=1S/C28H29N3O2/c1-28(2,3)22-15-13-21(14-16-22)27(33)31(18-17-20-9-5-4-6-10-20)19-25-29-24-12-8-7-11-23(24)26(32)30-25/h4-16H,17-19H2,1-3H3,(H,29,30,32). The first-order chi connectivity index (χ1) is 15.8. The van der Waals surface area contributed by atoms with Crippen LogP contribution in [-0.2, 0) is 18.4 Å². The Morgan fingerprint density at radius 3 is 2.27 bits per heavy atom. The molecule has 0 fully saturated rings. The molecule has 5 nitrogen and oxygen atoms in total. The van der Waals surface area contributed by atoms with Crippen molar-refractivity contribution in [2.24, 2.45) is 0 Å². The van der Waals surface area contributed by atoms with Gasteiger partial charge in [0, 0.05) is 12.1 Å². The summed E-state index contributed by atoms with van der Waals surface area (Å²) in [5, 5.41) is 0.543. The topological polar surface area (TPSA) is 66.1 Å². The number of nitrogens with zero attached hydrogens (tertiary/aromatic N) is 2. The van der Waals surface area contributed by atoms with E-state index in [1.54, 1.807) is 11.0 Å². The van der Waals surface area contributed by atoms with E-state index in [0.29, 0.717) is 35.3 Å². The third kappa shape index (κ3) is 5.37. The number of rotatable bonds is 6. The summed E-state index contributed by atoms with van der Waals surface area (Å²) in [6.07, 6.45) is 0.713. The minimum Gasteiger partial charge on any atom is -0.331 e. The zero-order valence-corrected chi connectivity index (χ0v) is 19.3. The van der Waals surface area contributed by atoms with Crippen LogP contribution in [0.4, 0.5) is 0 Å². The zero-order chi connectivity index (χ0) is 23.4. The predicted octanol–water partition coefficient (Wildman–Crippen LogP) is 5.11. The molecular formula is C28H29N3O2. The van der Waals surface area contributed by atoms with E-state index in [4.69, 9.17) is 0 Å². The maximum atomic E-state index is 13.5. The van der Waals surface area contributed by atoms with Crippen molar-refractivity contribution >= 4 is 16.8 Å². The lowest BCUT2D eigenvalue weighted by atomic mass is 9.86. The highest BCUT2D eigenvalue weighted by atomic mass is 16.2. The van der Waals surface area contributed by atoms with Gasteiger partial charge in [0.25, 0.3) is 11.5 Å². The van der Waals surface area contributed by atoms with Gasteiger partial charge in [-0.05, 0) is 47.2 Å². The Morgan fingerprint density at radius 1 is 0.909 bits per heavy atom. The first-order valence-corrected chi connectivity index (χ1v) is 11.2. The number of para-hydroxylation sites is 1. The Morgan fingerprint density at radius 2 is 1.58 bits per heavy atom. The summed E-state index contributed by atoms with van der Waals surface area (Å²) >= 11 is 0. The Kier molecular flexibility index (Phi) is 6.40. The first kappa shape index (κ1) is 22.5.